The molecule has 0 bridgehead atoms. The summed E-state index contributed by atoms with van der Waals surface area (Å²) in [6.45, 7) is 8.79. The number of benzene rings is 1. The van der Waals surface area contributed by atoms with Crippen LogP contribution in [0, 0.1) is 13.8 Å². The molecule has 28 heavy (non-hydrogen) atoms. The minimum Gasteiger partial charge on any atom is -0.487 e. The molecule has 0 atom stereocenters. The van der Waals surface area contributed by atoms with E-state index < -0.39 is 5.97 Å². The molecule has 0 amide bonds. The molecule has 0 saturated carbocycles. The van der Waals surface area contributed by atoms with Gasteiger partial charge >= 0.3 is 5.97 Å². The maximum atomic E-state index is 12.1. The van der Waals surface area contributed by atoms with Crippen LogP contribution in [-0.4, -0.2) is 37.3 Å². The molecule has 0 fully saturated rings. The number of rotatable bonds is 9. The van der Waals surface area contributed by atoms with Gasteiger partial charge in [-0.3, -0.25) is 4.79 Å². The van der Waals surface area contributed by atoms with Gasteiger partial charge in [-0.1, -0.05) is 6.07 Å². The Labute approximate surface area is 165 Å². The average Bonchev–Trinajstić information content (AvgIpc) is 2.62. The normalized spacial score (nSPS) is 10.8. The number of pyridine rings is 1. The van der Waals surface area contributed by atoms with Crippen molar-refractivity contribution in [1.29, 1.82) is 0 Å². The topological polar surface area (TPSA) is 89.7 Å². The molecule has 0 aliphatic carbocycles. The second-order valence-corrected chi connectivity index (χ2v) is 6.76. The minimum absolute atomic E-state index is 0.0652. The van der Waals surface area contributed by atoms with Crippen molar-refractivity contribution in [3.8, 4) is 11.5 Å². The van der Waals surface area contributed by atoms with E-state index in [-0.39, 0.29) is 11.7 Å². The van der Waals surface area contributed by atoms with Gasteiger partial charge in [0.25, 0.3) is 5.56 Å². The van der Waals surface area contributed by atoms with Crippen LogP contribution in [0.15, 0.2) is 29.1 Å². The number of aromatic nitrogens is 1. The number of ether oxygens (including phenoxy) is 3. The lowest BCUT2D eigenvalue weighted by Crippen LogP contribution is -2.26. The number of carbonyl (C=O) groups is 1. The summed E-state index contributed by atoms with van der Waals surface area (Å²) >= 11 is 0. The zero-order valence-electron chi connectivity index (χ0n) is 17.0. The van der Waals surface area contributed by atoms with Gasteiger partial charge in [0.15, 0.2) is 11.5 Å². The molecule has 152 valence electrons. The maximum Gasteiger partial charge on any atom is 0.341 e. The molecule has 0 spiro atoms. The molecule has 1 heterocycles. The van der Waals surface area contributed by atoms with E-state index in [1.165, 1.54) is 7.11 Å². The molecular weight excluding hydrogens is 360 g/mol. The molecule has 1 aromatic heterocycles. The van der Waals surface area contributed by atoms with Crippen molar-refractivity contribution in [3.05, 3.63) is 57.0 Å². The van der Waals surface area contributed by atoms with E-state index in [4.69, 9.17) is 14.2 Å². The van der Waals surface area contributed by atoms with Gasteiger partial charge in [0.1, 0.15) is 12.2 Å². The Morgan fingerprint density at radius 1 is 1.25 bits per heavy atom. The summed E-state index contributed by atoms with van der Waals surface area (Å²) in [4.78, 5) is 26.9. The van der Waals surface area contributed by atoms with Gasteiger partial charge in [0, 0.05) is 24.3 Å². The van der Waals surface area contributed by atoms with Crippen molar-refractivity contribution in [1.82, 2.24) is 10.3 Å². The highest BCUT2D eigenvalue weighted by molar-refractivity contribution is 5.93. The average molecular weight is 388 g/mol. The highest BCUT2D eigenvalue weighted by atomic mass is 16.5. The largest absolute Gasteiger partial charge is 0.487 e. The van der Waals surface area contributed by atoms with E-state index in [1.54, 1.807) is 18.2 Å². The van der Waals surface area contributed by atoms with E-state index in [2.05, 4.69) is 10.3 Å². The first kappa shape index (κ1) is 21.5. The van der Waals surface area contributed by atoms with Gasteiger partial charge in [0.05, 0.1) is 13.2 Å². The molecule has 1 aromatic carbocycles. The van der Waals surface area contributed by atoms with Crippen LogP contribution < -0.4 is 20.3 Å². The minimum atomic E-state index is -0.487. The number of aryl methyl sites for hydroxylation is 2. The van der Waals surface area contributed by atoms with Gasteiger partial charge in [-0.2, -0.15) is 0 Å². The zero-order valence-corrected chi connectivity index (χ0v) is 17.0. The van der Waals surface area contributed by atoms with E-state index in [0.717, 1.165) is 11.3 Å². The lowest BCUT2D eigenvalue weighted by Gasteiger charge is -2.17. The van der Waals surface area contributed by atoms with Crippen LogP contribution in [0.4, 0.5) is 0 Å². The van der Waals surface area contributed by atoms with Crippen molar-refractivity contribution >= 4 is 5.97 Å². The Kier molecular flexibility index (Phi) is 7.63. The molecule has 0 aliphatic rings. The molecule has 2 aromatic rings. The number of nitrogens with one attached hydrogen (secondary N) is 2. The summed E-state index contributed by atoms with van der Waals surface area (Å²) in [5.74, 6) is 0.358. The standard InChI is InChI=1S/C21H28N2O5/c1-13(2)28-18-8-6-7-16(21(25)26-5)19(18)27-10-9-22-12-17-14(3)11-15(4)23-20(17)24/h6-8,11,13,22H,9-10,12H2,1-5H3,(H,23,24). The number of esters is 1. The summed E-state index contributed by atoms with van der Waals surface area (Å²) in [6, 6.07) is 7.06. The highest BCUT2D eigenvalue weighted by Crippen LogP contribution is 2.32. The third kappa shape index (κ3) is 5.60. The molecule has 7 nitrogen and oxygen atoms in total. The fourth-order valence-electron chi connectivity index (χ4n) is 2.82. The fourth-order valence-corrected chi connectivity index (χ4v) is 2.82. The summed E-state index contributed by atoms with van der Waals surface area (Å²) in [7, 11) is 1.32. The molecule has 0 unspecified atom stereocenters. The van der Waals surface area contributed by atoms with E-state index >= 15 is 0 Å². The van der Waals surface area contributed by atoms with Crippen molar-refractivity contribution in [2.75, 3.05) is 20.3 Å². The summed E-state index contributed by atoms with van der Waals surface area (Å²) in [5, 5.41) is 3.19. The predicted octanol–water partition coefficient (Wildman–Crippen LogP) is 2.73. The number of H-pyrrole nitrogens is 1. The van der Waals surface area contributed by atoms with Crippen LogP contribution in [0.2, 0.25) is 0 Å². The Balaban J connectivity index is 2.02. The van der Waals surface area contributed by atoms with Crippen LogP contribution >= 0.6 is 0 Å². The van der Waals surface area contributed by atoms with Crippen LogP contribution in [0.1, 0.15) is 41.0 Å². The summed E-state index contributed by atoms with van der Waals surface area (Å²) < 4.78 is 16.4. The number of carbonyl (C=O) groups excluding carboxylic acids is 1. The van der Waals surface area contributed by atoms with Crippen molar-refractivity contribution in [2.45, 2.75) is 40.3 Å². The van der Waals surface area contributed by atoms with Gasteiger partial charge in [-0.05, 0) is 51.5 Å². The van der Waals surface area contributed by atoms with Crippen LogP contribution in [0.5, 0.6) is 11.5 Å². The second-order valence-electron chi connectivity index (χ2n) is 6.76. The molecular formula is C21H28N2O5. The van der Waals surface area contributed by atoms with Crippen LogP contribution in [0.25, 0.3) is 0 Å². The first-order valence-electron chi connectivity index (χ1n) is 9.24. The highest BCUT2D eigenvalue weighted by Gasteiger charge is 2.18. The first-order valence-corrected chi connectivity index (χ1v) is 9.24. The van der Waals surface area contributed by atoms with Crippen molar-refractivity contribution in [3.63, 3.8) is 0 Å². The Morgan fingerprint density at radius 2 is 2.00 bits per heavy atom. The van der Waals surface area contributed by atoms with Crippen molar-refractivity contribution in [2.24, 2.45) is 0 Å². The number of aromatic amines is 1. The van der Waals surface area contributed by atoms with Gasteiger partial charge < -0.3 is 24.5 Å². The quantitative estimate of drug-likeness (QED) is 0.507. The number of hydrogen-bond donors (Lipinski definition) is 2. The number of hydrogen-bond acceptors (Lipinski definition) is 6. The molecule has 0 radical (unpaired) electrons. The lowest BCUT2D eigenvalue weighted by molar-refractivity contribution is 0.0594. The molecule has 0 saturated heterocycles. The Hall–Kier alpha value is -2.80. The van der Waals surface area contributed by atoms with E-state index in [1.807, 2.05) is 33.8 Å². The summed E-state index contributed by atoms with van der Waals surface area (Å²) in [6.07, 6.45) is -0.0652. The van der Waals surface area contributed by atoms with Crippen LogP contribution in [0.3, 0.4) is 0 Å². The smallest absolute Gasteiger partial charge is 0.341 e. The Morgan fingerprint density at radius 3 is 2.64 bits per heavy atom. The van der Waals surface area contributed by atoms with Crippen LogP contribution in [-0.2, 0) is 11.3 Å². The van der Waals surface area contributed by atoms with Crippen molar-refractivity contribution < 1.29 is 19.0 Å². The second kappa shape index (κ2) is 9.94. The lowest BCUT2D eigenvalue weighted by atomic mass is 10.1. The first-order chi connectivity index (χ1) is 13.3. The SMILES string of the molecule is COC(=O)c1cccc(OC(C)C)c1OCCNCc1c(C)cc(C)[nH]c1=O. The Bertz CT molecular complexity index is 874. The molecule has 0 aliphatic heterocycles. The zero-order chi connectivity index (χ0) is 20.7. The molecule has 7 heteroatoms. The fraction of sp³-hybridized carbons (Fsp3) is 0.429. The predicted molar refractivity (Wildman–Crippen MR) is 107 cm³/mol. The van der Waals surface area contributed by atoms with Gasteiger partial charge in [-0.25, -0.2) is 4.79 Å². The number of para-hydroxylation sites is 1. The van der Waals surface area contributed by atoms with Gasteiger partial charge in [-0.15, -0.1) is 0 Å². The molecule has 2 rings (SSSR count). The number of methoxy groups -OCH3 is 1. The molecule has 2 N–H and O–H groups in total. The third-order valence-electron chi connectivity index (χ3n) is 4.07. The third-order valence-corrected chi connectivity index (χ3v) is 4.07. The summed E-state index contributed by atoms with van der Waals surface area (Å²) in [5.41, 5.74) is 2.70. The van der Waals surface area contributed by atoms with E-state index in [0.29, 0.717) is 42.3 Å². The maximum absolute atomic E-state index is 12.1. The van der Waals surface area contributed by atoms with E-state index in [9.17, 15) is 9.59 Å². The van der Waals surface area contributed by atoms with Gasteiger partial charge in [0.2, 0.25) is 0 Å². The monoisotopic (exact) mass is 388 g/mol.